The Kier molecular flexibility index (Phi) is 8.81. The summed E-state index contributed by atoms with van der Waals surface area (Å²) in [7, 11) is 0. The van der Waals surface area contributed by atoms with Gasteiger partial charge in [0.15, 0.2) is 0 Å². The van der Waals surface area contributed by atoms with Crippen molar-refractivity contribution in [2.24, 2.45) is 0 Å². The third kappa shape index (κ3) is 7.21. The molecule has 5 heteroatoms. The molecule has 2 aromatic carbocycles. The van der Waals surface area contributed by atoms with Crippen LogP contribution in [-0.4, -0.2) is 53.3 Å². The van der Waals surface area contributed by atoms with E-state index in [1.165, 1.54) is 11.1 Å². The van der Waals surface area contributed by atoms with E-state index in [-0.39, 0.29) is 43.7 Å². The number of hydrogen-bond acceptors (Lipinski definition) is 3. The summed E-state index contributed by atoms with van der Waals surface area (Å²) in [6.07, 6.45) is 0.510. The molecule has 31 heavy (non-hydrogen) atoms. The average molecular weight is 424 g/mol. The van der Waals surface area contributed by atoms with Gasteiger partial charge in [0, 0.05) is 44.6 Å². The molecular weight excluding hydrogens is 386 g/mol. The Morgan fingerprint density at radius 2 is 1.32 bits per heavy atom. The van der Waals surface area contributed by atoms with Crippen LogP contribution in [0.5, 0.6) is 0 Å². The Hall–Kier alpha value is -2.66. The molecule has 0 aromatic heterocycles. The van der Waals surface area contributed by atoms with Crippen LogP contribution in [0.15, 0.2) is 60.7 Å². The van der Waals surface area contributed by atoms with Crippen LogP contribution in [0.3, 0.4) is 0 Å². The normalized spacial score (nSPS) is 14.8. The van der Waals surface area contributed by atoms with E-state index >= 15 is 0 Å². The van der Waals surface area contributed by atoms with E-state index in [4.69, 9.17) is 0 Å². The summed E-state index contributed by atoms with van der Waals surface area (Å²) < 4.78 is 0. The molecular formula is C26H37N3O2. The maximum Gasteiger partial charge on any atom is 0.223 e. The highest BCUT2D eigenvalue weighted by Crippen LogP contribution is 2.29. The number of nitrogens with zero attached hydrogens (tertiary/aromatic N) is 2. The van der Waals surface area contributed by atoms with Crippen molar-refractivity contribution in [3.63, 3.8) is 0 Å². The van der Waals surface area contributed by atoms with Crippen LogP contribution in [0.25, 0.3) is 0 Å². The SMILES string of the molecule is C.CC(C)(C)NC(=O)CCC(=O)N1CCN(C(c2ccccc2)c2ccccc2)CC1. The van der Waals surface area contributed by atoms with E-state index in [9.17, 15) is 9.59 Å². The van der Waals surface area contributed by atoms with Gasteiger partial charge in [0.1, 0.15) is 0 Å². The second-order valence-corrected chi connectivity index (χ2v) is 8.94. The molecule has 1 heterocycles. The molecule has 0 bridgehead atoms. The van der Waals surface area contributed by atoms with Crippen molar-refractivity contribution in [1.29, 1.82) is 0 Å². The summed E-state index contributed by atoms with van der Waals surface area (Å²) in [6.45, 7) is 8.85. The first-order valence-corrected chi connectivity index (χ1v) is 10.8. The van der Waals surface area contributed by atoms with Gasteiger partial charge in [-0.1, -0.05) is 68.1 Å². The predicted octanol–water partition coefficient (Wildman–Crippen LogP) is 4.25. The van der Waals surface area contributed by atoms with Gasteiger partial charge >= 0.3 is 0 Å². The van der Waals surface area contributed by atoms with Gasteiger partial charge in [0.2, 0.25) is 11.8 Å². The average Bonchev–Trinajstić information content (AvgIpc) is 2.73. The van der Waals surface area contributed by atoms with E-state index in [1.807, 2.05) is 37.8 Å². The largest absolute Gasteiger partial charge is 0.351 e. The molecule has 3 rings (SSSR count). The molecule has 2 amide bonds. The Labute approximate surface area is 187 Å². The minimum absolute atomic E-state index is 0. The fourth-order valence-electron chi connectivity index (χ4n) is 3.97. The maximum absolute atomic E-state index is 12.6. The molecule has 168 valence electrons. The Morgan fingerprint density at radius 1 is 0.839 bits per heavy atom. The Morgan fingerprint density at radius 3 is 1.77 bits per heavy atom. The molecule has 1 aliphatic heterocycles. The summed E-state index contributed by atoms with van der Waals surface area (Å²) in [6, 6.07) is 21.2. The third-order valence-corrected chi connectivity index (χ3v) is 5.34. The number of carbonyl (C=O) groups is 2. The highest BCUT2D eigenvalue weighted by atomic mass is 16.2. The lowest BCUT2D eigenvalue weighted by Crippen LogP contribution is -2.50. The van der Waals surface area contributed by atoms with Gasteiger partial charge in [-0.05, 0) is 31.9 Å². The van der Waals surface area contributed by atoms with Crippen molar-refractivity contribution in [3.05, 3.63) is 71.8 Å². The van der Waals surface area contributed by atoms with Crippen molar-refractivity contribution < 1.29 is 9.59 Å². The molecule has 2 aromatic rings. The fourth-order valence-corrected chi connectivity index (χ4v) is 3.97. The zero-order chi connectivity index (χ0) is 21.6. The second-order valence-electron chi connectivity index (χ2n) is 8.94. The molecule has 1 N–H and O–H groups in total. The number of carbonyl (C=O) groups excluding carboxylic acids is 2. The van der Waals surface area contributed by atoms with E-state index in [2.05, 4.69) is 58.7 Å². The first-order valence-electron chi connectivity index (χ1n) is 10.8. The summed E-state index contributed by atoms with van der Waals surface area (Å²) in [5.41, 5.74) is 2.26. The standard InChI is InChI=1S/C25H33N3O2.CH4/c1-25(2,3)26-22(29)14-15-23(30)27-16-18-28(19-17-27)24(20-10-6-4-7-11-20)21-12-8-5-9-13-21;/h4-13,24H,14-19H2,1-3H3,(H,26,29);1H4. The van der Waals surface area contributed by atoms with Crippen molar-refractivity contribution in [3.8, 4) is 0 Å². The minimum Gasteiger partial charge on any atom is -0.351 e. The number of amides is 2. The number of rotatable bonds is 6. The van der Waals surface area contributed by atoms with Gasteiger partial charge in [-0.2, -0.15) is 0 Å². The van der Waals surface area contributed by atoms with E-state index in [0.29, 0.717) is 13.1 Å². The van der Waals surface area contributed by atoms with Gasteiger partial charge < -0.3 is 10.2 Å². The van der Waals surface area contributed by atoms with Crippen LogP contribution in [0, 0.1) is 0 Å². The molecule has 0 unspecified atom stereocenters. The first kappa shape index (κ1) is 24.6. The van der Waals surface area contributed by atoms with E-state index in [0.717, 1.165) is 13.1 Å². The van der Waals surface area contributed by atoms with Crippen LogP contribution in [0.4, 0.5) is 0 Å². The zero-order valence-electron chi connectivity index (χ0n) is 18.3. The Balaban J connectivity index is 0.00000341. The quantitative estimate of drug-likeness (QED) is 0.756. The lowest BCUT2D eigenvalue weighted by Gasteiger charge is -2.40. The molecule has 0 saturated carbocycles. The van der Waals surface area contributed by atoms with Crippen LogP contribution < -0.4 is 5.32 Å². The van der Waals surface area contributed by atoms with Crippen LogP contribution in [-0.2, 0) is 9.59 Å². The van der Waals surface area contributed by atoms with Crippen LogP contribution >= 0.6 is 0 Å². The summed E-state index contributed by atoms with van der Waals surface area (Å²) in [5, 5.41) is 2.92. The first-order chi connectivity index (χ1) is 14.3. The van der Waals surface area contributed by atoms with Crippen molar-refractivity contribution in [2.75, 3.05) is 26.2 Å². The highest BCUT2D eigenvalue weighted by molar-refractivity contribution is 5.84. The summed E-state index contributed by atoms with van der Waals surface area (Å²) in [5.74, 6) is -0.00242. The number of benzene rings is 2. The summed E-state index contributed by atoms with van der Waals surface area (Å²) in [4.78, 5) is 29.0. The molecule has 0 aliphatic carbocycles. The zero-order valence-corrected chi connectivity index (χ0v) is 18.3. The Bertz CT molecular complexity index is 783. The van der Waals surface area contributed by atoms with Crippen molar-refractivity contribution >= 4 is 11.8 Å². The smallest absolute Gasteiger partial charge is 0.223 e. The van der Waals surface area contributed by atoms with Gasteiger partial charge in [0.05, 0.1) is 6.04 Å². The van der Waals surface area contributed by atoms with Gasteiger partial charge in [-0.3, -0.25) is 14.5 Å². The molecule has 0 spiro atoms. The molecule has 0 radical (unpaired) electrons. The lowest BCUT2D eigenvalue weighted by atomic mass is 9.96. The van der Waals surface area contributed by atoms with E-state index < -0.39 is 0 Å². The van der Waals surface area contributed by atoms with Crippen molar-refractivity contribution in [2.45, 2.75) is 52.6 Å². The van der Waals surface area contributed by atoms with Gasteiger partial charge in [-0.15, -0.1) is 0 Å². The topological polar surface area (TPSA) is 52.7 Å². The van der Waals surface area contributed by atoms with Crippen LogP contribution in [0.1, 0.15) is 58.2 Å². The monoisotopic (exact) mass is 423 g/mol. The third-order valence-electron chi connectivity index (χ3n) is 5.34. The molecule has 0 atom stereocenters. The minimum atomic E-state index is -0.268. The molecule has 1 saturated heterocycles. The van der Waals surface area contributed by atoms with E-state index in [1.54, 1.807) is 0 Å². The molecule has 1 fully saturated rings. The highest BCUT2D eigenvalue weighted by Gasteiger charge is 2.28. The summed E-state index contributed by atoms with van der Waals surface area (Å²) >= 11 is 0. The predicted molar refractivity (Wildman–Crippen MR) is 127 cm³/mol. The van der Waals surface area contributed by atoms with Crippen LogP contribution in [0.2, 0.25) is 0 Å². The fraction of sp³-hybridized carbons (Fsp3) is 0.462. The van der Waals surface area contributed by atoms with Gasteiger partial charge in [0.25, 0.3) is 0 Å². The van der Waals surface area contributed by atoms with Gasteiger partial charge in [-0.25, -0.2) is 0 Å². The second kappa shape index (κ2) is 11.1. The van der Waals surface area contributed by atoms with Crippen molar-refractivity contribution in [1.82, 2.24) is 15.1 Å². The number of piperazine rings is 1. The maximum atomic E-state index is 12.6. The lowest BCUT2D eigenvalue weighted by molar-refractivity contribution is -0.135. The molecule has 1 aliphatic rings. The number of nitrogens with one attached hydrogen (secondary N) is 1. The molecule has 5 nitrogen and oxygen atoms in total. The number of hydrogen-bond donors (Lipinski definition) is 1.